The van der Waals surface area contributed by atoms with E-state index in [1.54, 1.807) is 0 Å². The van der Waals surface area contributed by atoms with Gasteiger partial charge in [0.05, 0.1) is 12.3 Å². The number of amides is 1. The summed E-state index contributed by atoms with van der Waals surface area (Å²) in [6.07, 6.45) is 1.88. The predicted octanol–water partition coefficient (Wildman–Crippen LogP) is 3.25. The number of nitrogens with zero attached hydrogens (tertiary/aromatic N) is 1. The molecule has 0 spiro atoms. The van der Waals surface area contributed by atoms with E-state index in [0.717, 1.165) is 36.0 Å². The number of carbonyl (C=O) groups is 1. The van der Waals surface area contributed by atoms with Gasteiger partial charge in [-0.2, -0.15) is 0 Å². The lowest BCUT2D eigenvalue weighted by Crippen LogP contribution is -2.30. The number of hydrogen-bond acceptors (Lipinski definition) is 5. The van der Waals surface area contributed by atoms with Crippen LogP contribution in [0.3, 0.4) is 0 Å². The molecule has 2 heterocycles. The van der Waals surface area contributed by atoms with Gasteiger partial charge in [0, 0.05) is 13.1 Å². The van der Waals surface area contributed by atoms with Crippen molar-refractivity contribution in [3.63, 3.8) is 0 Å². The van der Waals surface area contributed by atoms with E-state index in [4.69, 9.17) is 4.74 Å². The quantitative estimate of drug-likeness (QED) is 0.873. The average Bonchev–Trinajstić information content (AvgIpc) is 2.81. The zero-order valence-electron chi connectivity index (χ0n) is 14.1. The van der Waals surface area contributed by atoms with Gasteiger partial charge >= 0.3 is 0 Å². The Labute approximate surface area is 146 Å². The van der Waals surface area contributed by atoms with E-state index in [1.165, 1.54) is 16.9 Å². The maximum absolute atomic E-state index is 12.5. The van der Waals surface area contributed by atoms with Crippen molar-refractivity contribution >= 4 is 22.4 Å². The van der Waals surface area contributed by atoms with Gasteiger partial charge in [-0.3, -0.25) is 4.79 Å². The molecule has 1 aliphatic heterocycles. The molecule has 1 atom stereocenters. The molecule has 128 valence electrons. The zero-order chi connectivity index (χ0) is 16.9. The molecule has 0 radical (unpaired) electrons. The Hall–Kier alpha value is -2.08. The highest BCUT2D eigenvalue weighted by molar-refractivity contribution is 7.17. The molecule has 5 nitrogen and oxygen atoms in total. The first kappa shape index (κ1) is 16.8. The highest BCUT2D eigenvalue weighted by Gasteiger charge is 2.20. The van der Waals surface area contributed by atoms with Crippen molar-refractivity contribution in [2.45, 2.75) is 26.7 Å². The summed E-state index contributed by atoms with van der Waals surface area (Å²) in [6, 6.07) is 8.15. The normalized spacial score (nSPS) is 16.7. The number of fused-ring (bicyclic) bond motifs is 1. The van der Waals surface area contributed by atoms with Crippen molar-refractivity contribution in [1.29, 1.82) is 0 Å². The van der Waals surface area contributed by atoms with Crippen LogP contribution in [0.4, 0.5) is 5.13 Å². The van der Waals surface area contributed by atoms with Crippen LogP contribution in [-0.2, 0) is 6.42 Å². The van der Waals surface area contributed by atoms with Crippen molar-refractivity contribution < 1.29 is 9.53 Å². The molecule has 1 amide bonds. The Bertz CT molecular complexity index is 714. The number of thiazole rings is 1. The van der Waals surface area contributed by atoms with Crippen LogP contribution in [0.2, 0.25) is 0 Å². The molecule has 1 aromatic carbocycles. The van der Waals surface area contributed by atoms with E-state index in [1.807, 2.05) is 32.0 Å². The molecule has 6 heteroatoms. The minimum absolute atomic E-state index is 0.0346. The fourth-order valence-electron chi connectivity index (χ4n) is 2.89. The molecule has 0 aliphatic carbocycles. The average molecular weight is 345 g/mol. The molecule has 0 saturated carbocycles. The molecule has 0 unspecified atom stereocenters. The maximum atomic E-state index is 12.5. The summed E-state index contributed by atoms with van der Waals surface area (Å²) in [4.78, 5) is 17.5. The van der Waals surface area contributed by atoms with Gasteiger partial charge in [-0.25, -0.2) is 4.98 Å². The Morgan fingerprint density at radius 1 is 1.42 bits per heavy atom. The maximum Gasteiger partial charge on any atom is 0.263 e. The van der Waals surface area contributed by atoms with Crippen molar-refractivity contribution in [2.75, 3.05) is 25.0 Å². The Morgan fingerprint density at radius 3 is 3.08 bits per heavy atom. The second-order valence-corrected chi connectivity index (χ2v) is 6.99. The zero-order valence-corrected chi connectivity index (χ0v) is 14.9. The minimum Gasteiger partial charge on any atom is -0.493 e. The van der Waals surface area contributed by atoms with Crippen molar-refractivity contribution in [3.05, 3.63) is 40.4 Å². The van der Waals surface area contributed by atoms with Crippen molar-refractivity contribution in [3.8, 4) is 5.75 Å². The molecule has 24 heavy (non-hydrogen) atoms. The Balaban J connectivity index is 1.60. The number of para-hydroxylation sites is 1. The van der Waals surface area contributed by atoms with Gasteiger partial charge in [-0.05, 0) is 44.2 Å². The summed E-state index contributed by atoms with van der Waals surface area (Å²) in [7, 11) is 0. The van der Waals surface area contributed by atoms with Crippen LogP contribution in [0.5, 0.6) is 5.75 Å². The first-order chi connectivity index (χ1) is 11.7. The second kappa shape index (κ2) is 7.66. The van der Waals surface area contributed by atoms with Gasteiger partial charge in [0.1, 0.15) is 10.6 Å². The highest BCUT2D eigenvalue weighted by atomic mass is 32.1. The summed E-state index contributed by atoms with van der Waals surface area (Å²) >= 11 is 1.41. The fraction of sp³-hybridized carbons (Fsp3) is 0.444. The molecule has 0 saturated heterocycles. The molecule has 2 N–H and O–H groups in total. The summed E-state index contributed by atoms with van der Waals surface area (Å²) in [5.41, 5.74) is 2.00. The van der Waals surface area contributed by atoms with E-state index in [9.17, 15) is 4.79 Å². The van der Waals surface area contributed by atoms with Gasteiger partial charge in [-0.1, -0.05) is 29.5 Å². The second-order valence-electron chi connectivity index (χ2n) is 5.99. The van der Waals surface area contributed by atoms with Gasteiger partial charge in [0.2, 0.25) is 0 Å². The lowest BCUT2D eigenvalue weighted by Gasteiger charge is -2.14. The van der Waals surface area contributed by atoms with Crippen LogP contribution in [0.1, 0.15) is 34.3 Å². The van der Waals surface area contributed by atoms with E-state index in [2.05, 4.69) is 21.7 Å². The summed E-state index contributed by atoms with van der Waals surface area (Å²) < 4.78 is 5.79. The number of nitrogens with one attached hydrogen (secondary N) is 2. The van der Waals surface area contributed by atoms with Gasteiger partial charge in [-0.15, -0.1) is 0 Å². The number of anilines is 1. The van der Waals surface area contributed by atoms with Crippen molar-refractivity contribution in [2.24, 2.45) is 5.92 Å². The molecule has 3 rings (SSSR count). The van der Waals surface area contributed by atoms with Crippen molar-refractivity contribution in [1.82, 2.24) is 10.3 Å². The van der Waals surface area contributed by atoms with Crippen LogP contribution >= 0.6 is 11.3 Å². The lowest BCUT2D eigenvalue weighted by molar-refractivity contribution is 0.0948. The third-order valence-electron chi connectivity index (χ3n) is 4.15. The smallest absolute Gasteiger partial charge is 0.263 e. The lowest BCUT2D eigenvalue weighted by atomic mass is 9.97. The van der Waals surface area contributed by atoms with Crippen LogP contribution in [-0.4, -0.2) is 30.6 Å². The summed E-state index contributed by atoms with van der Waals surface area (Å²) in [5.74, 6) is 1.33. The van der Waals surface area contributed by atoms with E-state index in [-0.39, 0.29) is 5.91 Å². The largest absolute Gasteiger partial charge is 0.493 e. The number of aromatic nitrogens is 1. The predicted molar refractivity (Wildman–Crippen MR) is 97.1 cm³/mol. The molecule has 2 aromatic rings. The van der Waals surface area contributed by atoms with Gasteiger partial charge < -0.3 is 15.4 Å². The van der Waals surface area contributed by atoms with Crippen LogP contribution in [0.15, 0.2) is 24.3 Å². The topological polar surface area (TPSA) is 63.2 Å². The van der Waals surface area contributed by atoms with E-state index in [0.29, 0.717) is 23.9 Å². The third kappa shape index (κ3) is 3.87. The monoisotopic (exact) mass is 345 g/mol. The molecule has 1 aromatic heterocycles. The van der Waals surface area contributed by atoms with Gasteiger partial charge in [0.25, 0.3) is 5.91 Å². The van der Waals surface area contributed by atoms with Crippen LogP contribution in [0, 0.1) is 12.8 Å². The number of ether oxygens (including phenoxy) is 1. The molecule has 1 aliphatic rings. The number of aryl methyl sites for hydroxylation is 1. The third-order valence-corrected chi connectivity index (χ3v) is 5.26. The SMILES string of the molecule is CCNc1nc(C)c(C(=O)NC[C@@H]2CCOc3ccccc3C2)s1. The first-order valence-corrected chi connectivity index (χ1v) is 9.19. The molecule has 0 bridgehead atoms. The molecular weight excluding hydrogens is 322 g/mol. The van der Waals surface area contributed by atoms with E-state index >= 15 is 0 Å². The van der Waals surface area contributed by atoms with Crippen LogP contribution < -0.4 is 15.4 Å². The minimum atomic E-state index is -0.0346. The van der Waals surface area contributed by atoms with Gasteiger partial charge in [0.15, 0.2) is 5.13 Å². The fourth-order valence-corrected chi connectivity index (χ4v) is 3.84. The highest BCUT2D eigenvalue weighted by Crippen LogP contribution is 2.26. The summed E-state index contributed by atoms with van der Waals surface area (Å²) in [6.45, 7) is 6.05. The number of benzene rings is 1. The molecule has 0 fully saturated rings. The Morgan fingerprint density at radius 2 is 2.25 bits per heavy atom. The Kier molecular flexibility index (Phi) is 5.35. The number of rotatable bonds is 5. The molecular formula is C18H23N3O2S. The number of carbonyl (C=O) groups excluding carboxylic acids is 1. The standard InChI is InChI=1S/C18H23N3O2S/c1-3-19-18-21-12(2)16(24-18)17(22)20-11-13-8-9-23-15-7-5-4-6-14(15)10-13/h4-7,13H,3,8-11H2,1-2H3,(H,19,21)(H,20,22)/t13-/m1/s1. The summed E-state index contributed by atoms with van der Waals surface area (Å²) in [5, 5.41) is 7.03. The van der Waals surface area contributed by atoms with E-state index < -0.39 is 0 Å². The van der Waals surface area contributed by atoms with Crippen LogP contribution in [0.25, 0.3) is 0 Å². The first-order valence-electron chi connectivity index (χ1n) is 8.37. The number of hydrogen-bond donors (Lipinski definition) is 2.